The van der Waals surface area contributed by atoms with Crippen LogP contribution in [0.25, 0.3) is 0 Å². The number of hydrogen-bond acceptors (Lipinski definition) is 6. The van der Waals surface area contributed by atoms with E-state index in [1.54, 1.807) is 13.0 Å². The van der Waals surface area contributed by atoms with Crippen LogP contribution in [-0.4, -0.2) is 48.9 Å². The zero-order valence-corrected chi connectivity index (χ0v) is 15.6. The molecule has 1 heterocycles. The Bertz CT molecular complexity index is 766. The van der Waals surface area contributed by atoms with Crippen LogP contribution in [0.15, 0.2) is 18.2 Å². The Morgan fingerprint density at radius 2 is 2.16 bits per heavy atom. The van der Waals surface area contributed by atoms with E-state index in [0.717, 1.165) is 0 Å². The summed E-state index contributed by atoms with van der Waals surface area (Å²) in [6.07, 6.45) is -0.514. The average Bonchev–Trinajstić information content (AvgIpc) is 2.88. The third-order valence-corrected chi connectivity index (χ3v) is 7.00. The summed E-state index contributed by atoms with van der Waals surface area (Å²) in [5, 5.41) is 2.37. The molecule has 25 heavy (non-hydrogen) atoms. The SMILES string of the molecule is Cc1ccc(NC(=O)[C@@H](C)OC(=O)CS[C@@H]2CCS(=O)(=O)C2)cc1F. The van der Waals surface area contributed by atoms with Crippen LogP contribution in [0.5, 0.6) is 0 Å². The number of aryl methyl sites for hydroxylation is 1. The van der Waals surface area contributed by atoms with Crippen LogP contribution >= 0.6 is 11.8 Å². The van der Waals surface area contributed by atoms with E-state index in [9.17, 15) is 22.4 Å². The van der Waals surface area contributed by atoms with Crippen LogP contribution < -0.4 is 5.32 Å². The largest absolute Gasteiger partial charge is 0.452 e. The maximum Gasteiger partial charge on any atom is 0.316 e. The molecular formula is C16H20FNO5S2. The summed E-state index contributed by atoms with van der Waals surface area (Å²) in [6.45, 7) is 3.03. The van der Waals surface area contributed by atoms with Crippen LogP contribution in [0.4, 0.5) is 10.1 Å². The number of carbonyl (C=O) groups is 2. The summed E-state index contributed by atoms with van der Waals surface area (Å²) in [7, 11) is -2.99. The first-order chi connectivity index (χ1) is 11.7. The minimum absolute atomic E-state index is 0.0169. The van der Waals surface area contributed by atoms with E-state index in [-0.39, 0.29) is 28.2 Å². The van der Waals surface area contributed by atoms with Crippen molar-refractivity contribution in [3.8, 4) is 0 Å². The summed E-state index contributed by atoms with van der Waals surface area (Å²) >= 11 is 1.22. The fraction of sp³-hybridized carbons (Fsp3) is 0.500. The second-order valence-electron chi connectivity index (χ2n) is 5.92. The Morgan fingerprint density at radius 3 is 2.76 bits per heavy atom. The topological polar surface area (TPSA) is 89.5 Å². The maximum absolute atomic E-state index is 13.5. The summed E-state index contributed by atoms with van der Waals surface area (Å²) in [5.74, 6) is -1.40. The summed E-state index contributed by atoms with van der Waals surface area (Å²) in [6, 6.07) is 4.29. The molecule has 0 bridgehead atoms. The zero-order chi connectivity index (χ0) is 18.6. The zero-order valence-electron chi connectivity index (χ0n) is 14.0. The first-order valence-corrected chi connectivity index (χ1v) is 10.6. The molecule has 0 aliphatic carbocycles. The monoisotopic (exact) mass is 389 g/mol. The van der Waals surface area contributed by atoms with E-state index < -0.39 is 33.6 Å². The van der Waals surface area contributed by atoms with Gasteiger partial charge >= 0.3 is 5.97 Å². The molecule has 138 valence electrons. The molecule has 0 radical (unpaired) electrons. The van der Waals surface area contributed by atoms with Crippen molar-refractivity contribution in [3.05, 3.63) is 29.6 Å². The van der Waals surface area contributed by atoms with Crippen molar-refractivity contribution in [1.29, 1.82) is 0 Å². The van der Waals surface area contributed by atoms with Crippen LogP contribution in [0.1, 0.15) is 18.9 Å². The van der Waals surface area contributed by atoms with E-state index in [1.165, 1.54) is 30.8 Å². The number of carbonyl (C=O) groups excluding carboxylic acids is 2. The molecule has 0 spiro atoms. The molecule has 1 aromatic rings. The first kappa shape index (κ1) is 19.7. The molecule has 0 aromatic heterocycles. The Hall–Kier alpha value is -1.61. The molecule has 1 fully saturated rings. The molecule has 2 rings (SSSR count). The van der Waals surface area contributed by atoms with Gasteiger partial charge in [0.05, 0.1) is 17.3 Å². The maximum atomic E-state index is 13.5. The quantitative estimate of drug-likeness (QED) is 0.748. The predicted octanol–water partition coefficient (Wildman–Crippen LogP) is 1.92. The van der Waals surface area contributed by atoms with E-state index in [4.69, 9.17) is 4.74 Å². The van der Waals surface area contributed by atoms with Crippen molar-refractivity contribution in [1.82, 2.24) is 0 Å². The van der Waals surface area contributed by atoms with Crippen LogP contribution in [0.3, 0.4) is 0 Å². The van der Waals surface area contributed by atoms with Gasteiger partial charge in [-0.15, -0.1) is 11.8 Å². The van der Waals surface area contributed by atoms with Crippen molar-refractivity contribution in [2.45, 2.75) is 31.6 Å². The molecule has 2 atom stereocenters. The smallest absolute Gasteiger partial charge is 0.316 e. The van der Waals surface area contributed by atoms with Gasteiger partial charge in [0, 0.05) is 10.9 Å². The lowest BCUT2D eigenvalue weighted by Gasteiger charge is -2.14. The van der Waals surface area contributed by atoms with Gasteiger partial charge in [0.15, 0.2) is 15.9 Å². The van der Waals surface area contributed by atoms with Gasteiger partial charge in [0.2, 0.25) is 0 Å². The second kappa shape index (κ2) is 8.18. The van der Waals surface area contributed by atoms with Gasteiger partial charge in [0.1, 0.15) is 5.82 Å². The van der Waals surface area contributed by atoms with E-state index in [1.807, 2.05) is 0 Å². The van der Waals surface area contributed by atoms with Crippen molar-refractivity contribution >= 4 is 39.2 Å². The third-order valence-electron chi connectivity index (χ3n) is 3.74. The fourth-order valence-electron chi connectivity index (χ4n) is 2.28. The van der Waals surface area contributed by atoms with E-state index in [0.29, 0.717) is 12.0 Å². The number of benzene rings is 1. The average molecular weight is 389 g/mol. The van der Waals surface area contributed by atoms with Gasteiger partial charge in [-0.3, -0.25) is 9.59 Å². The molecule has 1 aromatic carbocycles. The molecule has 1 aliphatic heterocycles. The van der Waals surface area contributed by atoms with Gasteiger partial charge in [-0.1, -0.05) is 6.07 Å². The molecule has 0 unspecified atom stereocenters. The highest BCUT2D eigenvalue weighted by molar-refractivity contribution is 8.02. The Kier molecular flexibility index (Phi) is 6.45. The number of sulfone groups is 1. The lowest BCUT2D eigenvalue weighted by atomic mass is 10.2. The van der Waals surface area contributed by atoms with Crippen molar-refractivity contribution < 1.29 is 27.1 Å². The van der Waals surface area contributed by atoms with Crippen LogP contribution in [-0.2, 0) is 24.2 Å². The number of thioether (sulfide) groups is 1. The fourth-order valence-corrected chi connectivity index (χ4v) is 5.70. The molecule has 0 saturated carbocycles. The van der Waals surface area contributed by atoms with E-state index >= 15 is 0 Å². The molecule has 1 saturated heterocycles. The number of rotatable bonds is 6. The van der Waals surface area contributed by atoms with Crippen LogP contribution in [0, 0.1) is 12.7 Å². The molecule has 6 nitrogen and oxygen atoms in total. The number of anilines is 1. The van der Waals surface area contributed by atoms with Gasteiger partial charge in [0.25, 0.3) is 5.91 Å². The third kappa shape index (κ3) is 6.00. The first-order valence-electron chi connectivity index (χ1n) is 7.75. The Balaban J connectivity index is 1.78. The highest BCUT2D eigenvalue weighted by Gasteiger charge is 2.29. The molecule has 9 heteroatoms. The normalized spacial score (nSPS) is 20.0. The number of halogens is 1. The minimum Gasteiger partial charge on any atom is -0.452 e. The van der Waals surface area contributed by atoms with Gasteiger partial charge in [-0.2, -0.15) is 0 Å². The lowest BCUT2D eigenvalue weighted by Crippen LogP contribution is -2.30. The summed E-state index contributed by atoms with van der Waals surface area (Å²) < 4.78 is 41.2. The summed E-state index contributed by atoms with van der Waals surface area (Å²) in [5.41, 5.74) is 0.741. The van der Waals surface area contributed by atoms with Crippen molar-refractivity contribution in [2.24, 2.45) is 0 Å². The minimum atomic E-state index is -2.99. The van der Waals surface area contributed by atoms with Gasteiger partial charge in [-0.05, 0) is 38.0 Å². The van der Waals surface area contributed by atoms with Gasteiger partial charge < -0.3 is 10.1 Å². The molecule has 1 aliphatic rings. The number of ether oxygens (including phenoxy) is 1. The number of hydrogen-bond donors (Lipinski definition) is 1. The highest BCUT2D eigenvalue weighted by atomic mass is 32.2. The molecule has 1 N–H and O–H groups in total. The number of amides is 1. The van der Waals surface area contributed by atoms with Gasteiger partial charge in [-0.25, -0.2) is 12.8 Å². The summed E-state index contributed by atoms with van der Waals surface area (Å²) in [4.78, 5) is 23.8. The number of esters is 1. The van der Waals surface area contributed by atoms with E-state index in [2.05, 4.69) is 5.32 Å². The second-order valence-corrected chi connectivity index (χ2v) is 9.44. The Morgan fingerprint density at radius 1 is 1.44 bits per heavy atom. The predicted molar refractivity (Wildman–Crippen MR) is 94.8 cm³/mol. The molecule has 1 amide bonds. The Labute approximate surface area is 150 Å². The standard InChI is InChI=1S/C16H20FNO5S2/c1-10-3-4-12(7-14(10)17)18-16(20)11(2)23-15(19)8-24-13-5-6-25(21,22)9-13/h3-4,7,11,13H,5-6,8-9H2,1-2H3,(H,18,20)/t11-,13-/m1/s1. The van der Waals surface area contributed by atoms with Crippen molar-refractivity contribution in [3.63, 3.8) is 0 Å². The molecular weight excluding hydrogens is 369 g/mol. The number of nitrogens with one attached hydrogen (secondary N) is 1. The van der Waals surface area contributed by atoms with Crippen molar-refractivity contribution in [2.75, 3.05) is 22.6 Å². The lowest BCUT2D eigenvalue weighted by molar-refractivity contribution is -0.150. The highest BCUT2D eigenvalue weighted by Crippen LogP contribution is 2.24. The van der Waals surface area contributed by atoms with Crippen LogP contribution in [0.2, 0.25) is 0 Å².